The summed E-state index contributed by atoms with van der Waals surface area (Å²) in [5.41, 5.74) is 0.721. The highest BCUT2D eigenvalue weighted by Crippen LogP contribution is 2.40. The number of aliphatic hydroxyl groups is 1. The summed E-state index contributed by atoms with van der Waals surface area (Å²) in [5.74, 6) is 0.390. The second-order valence-corrected chi connectivity index (χ2v) is 5.54. The van der Waals surface area contributed by atoms with Crippen LogP contribution in [0.4, 0.5) is 13.2 Å². The first-order chi connectivity index (χ1) is 9.86. The SMILES string of the molecule is O[C@H](c1ccc(Cl)cc1-n1ccc(C2CC2)n1)C(F)(F)F. The Labute approximate surface area is 124 Å². The van der Waals surface area contributed by atoms with Gasteiger partial charge in [-0.1, -0.05) is 17.7 Å². The van der Waals surface area contributed by atoms with Crippen LogP contribution in [0.3, 0.4) is 0 Å². The molecule has 7 heteroatoms. The minimum Gasteiger partial charge on any atom is -0.379 e. The number of alkyl halides is 3. The zero-order valence-corrected chi connectivity index (χ0v) is 11.6. The van der Waals surface area contributed by atoms with Crippen LogP contribution in [0.2, 0.25) is 5.02 Å². The van der Waals surface area contributed by atoms with Gasteiger partial charge in [0.25, 0.3) is 0 Å². The van der Waals surface area contributed by atoms with Crippen LogP contribution < -0.4 is 0 Å². The van der Waals surface area contributed by atoms with Gasteiger partial charge in [-0.2, -0.15) is 18.3 Å². The van der Waals surface area contributed by atoms with E-state index in [-0.39, 0.29) is 16.3 Å². The zero-order valence-electron chi connectivity index (χ0n) is 10.8. The second kappa shape index (κ2) is 5.03. The first-order valence-electron chi connectivity index (χ1n) is 6.46. The van der Waals surface area contributed by atoms with E-state index in [2.05, 4.69) is 5.10 Å². The molecule has 1 atom stereocenters. The Morgan fingerprint density at radius 2 is 2.00 bits per heavy atom. The van der Waals surface area contributed by atoms with Crippen molar-refractivity contribution in [3.05, 3.63) is 46.7 Å². The Balaban J connectivity index is 2.04. The highest BCUT2D eigenvalue weighted by atomic mass is 35.5. The highest BCUT2D eigenvalue weighted by Gasteiger charge is 2.41. The van der Waals surface area contributed by atoms with Gasteiger partial charge in [0.15, 0.2) is 6.10 Å². The molecule has 1 N–H and O–H groups in total. The number of aromatic nitrogens is 2. The summed E-state index contributed by atoms with van der Waals surface area (Å²) in [6.07, 6.45) is -3.63. The molecule has 21 heavy (non-hydrogen) atoms. The lowest BCUT2D eigenvalue weighted by molar-refractivity contribution is -0.206. The molecule has 0 saturated heterocycles. The molecule has 0 spiro atoms. The largest absolute Gasteiger partial charge is 0.418 e. The zero-order chi connectivity index (χ0) is 15.2. The van der Waals surface area contributed by atoms with Crippen LogP contribution in [0.1, 0.15) is 36.1 Å². The number of hydrogen-bond acceptors (Lipinski definition) is 2. The summed E-state index contributed by atoms with van der Waals surface area (Å²) in [6, 6.07) is 5.65. The Morgan fingerprint density at radius 1 is 1.29 bits per heavy atom. The van der Waals surface area contributed by atoms with Gasteiger partial charge in [-0.25, -0.2) is 4.68 Å². The first kappa shape index (κ1) is 14.4. The molecule has 0 unspecified atom stereocenters. The van der Waals surface area contributed by atoms with E-state index in [1.807, 2.05) is 0 Å². The average molecular weight is 317 g/mol. The molecule has 1 aromatic heterocycles. The summed E-state index contributed by atoms with van der Waals surface area (Å²) in [6.45, 7) is 0. The van der Waals surface area contributed by atoms with E-state index in [0.717, 1.165) is 18.5 Å². The minimum absolute atomic E-state index is 0.138. The predicted molar refractivity (Wildman–Crippen MR) is 71.6 cm³/mol. The van der Waals surface area contributed by atoms with Gasteiger partial charge in [0, 0.05) is 22.7 Å². The molecule has 3 rings (SSSR count). The number of nitrogens with zero attached hydrogens (tertiary/aromatic N) is 2. The van der Waals surface area contributed by atoms with Gasteiger partial charge in [-0.15, -0.1) is 0 Å². The van der Waals surface area contributed by atoms with E-state index in [0.29, 0.717) is 5.92 Å². The van der Waals surface area contributed by atoms with Gasteiger partial charge >= 0.3 is 6.18 Å². The molecule has 112 valence electrons. The van der Waals surface area contributed by atoms with E-state index < -0.39 is 12.3 Å². The van der Waals surface area contributed by atoms with Crippen molar-refractivity contribution in [1.29, 1.82) is 0 Å². The van der Waals surface area contributed by atoms with Crippen LogP contribution in [0.25, 0.3) is 5.69 Å². The number of rotatable bonds is 3. The lowest BCUT2D eigenvalue weighted by Crippen LogP contribution is -2.22. The summed E-state index contributed by atoms with van der Waals surface area (Å²) in [5, 5.41) is 14.1. The Hall–Kier alpha value is -1.53. The molecular weight excluding hydrogens is 305 g/mol. The van der Waals surface area contributed by atoms with Crippen molar-refractivity contribution in [2.45, 2.75) is 31.0 Å². The molecule has 1 fully saturated rings. The van der Waals surface area contributed by atoms with Gasteiger partial charge in [-0.3, -0.25) is 0 Å². The molecule has 2 aromatic rings. The van der Waals surface area contributed by atoms with Crippen LogP contribution in [0.5, 0.6) is 0 Å². The van der Waals surface area contributed by atoms with E-state index in [1.54, 1.807) is 12.3 Å². The molecule has 3 nitrogen and oxygen atoms in total. The quantitative estimate of drug-likeness (QED) is 0.929. The molecule has 0 bridgehead atoms. The normalized spacial score (nSPS) is 17.0. The maximum Gasteiger partial charge on any atom is 0.418 e. The fourth-order valence-electron chi connectivity index (χ4n) is 2.19. The third-order valence-electron chi connectivity index (χ3n) is 3.45. The van der Waals surface area contributed by atoms with Gasteiger partial charge < -0.3 is 5.11 Å². The monoisotopic (exact) mass is 316 g/mol. The number of aliphatic hydroxyl groups excluding tert-OH is 1. The van der Waals surface area contributed by atoms with Crippen molar-refractivity contribution < 1.29 is 18.3 Å². The van der Waals surface area contributed by atoms with Gasteiger partial charge in [-0.05, 0) is 31.0 Å². The topological polar surface area (TPSA) is 38.0 Å². The third kappa shape index (κ3) is 2.91. The number of halogens is 4. The average Bonchev–Trinajstić information content (AvgIpc) is 3.15. The van der Waals surface area contributed by atoms with Crippen LogP contribution >= 0.6 is 11.6 Å². The van der Waals surface area contributed by atoms with Crippen LogP contribution in [-0.2, 0) is 0 Å². The van der Waals surface area contributed by atoms with Crippen molar-refractivity contribution in [2.24, 2.45) is 0 Å². The van der Waals surface area contributed by atoms with Crippen LogP contribution in [0.15, 0.2) is 30.5 Å². The second-order valence-electron chi connectivity index (χ2n) is 5.11. The van der Waals surface area contributed by atoms with Crippen molar-refractivity contribution >= 4 is 11.6 Å². The lowest BCUT2D eigenvalue weighted by Gasteiger charge is -2.18. The summed E-state index contributed by atoms with van der Waals surface area (Å²) < 4.78 is 39.6. The maximum absolute atomic E-state index is 12.8. The number of hydrogen-bond donors (Lipinski definition) is 1. The van der Waals surface area contributed by atoms with Crippen molar-refractivity contribution in [1.82, 2.24) is 9.78 Å². The van der Waals surface area contributed by atoms with Gasteiger partial charge in [0.2, 0.25) is 0 Å². The molecular formula is C14H12ClF3N2O. The van der Waals surface area contributed by atoms with Crippen LogP contribution in [0, 0.1) is 0 Å². The fourth-order valence-corrected chi connectivity index (χ4v) is 2.36. The van der Waals surface area contributed by atoms with Crippen molar-refractivity contribution in [3.63, 3.8) is 0 Å². The Kier molecular flexibility index (Phi) is 3.45. The molecule has 1 heterocycles. The molecule has 0 amide bonds. The summed E-state index contributed by atoms with van der Waals surface area (Å²) in [4.78, 5) is 0. The van der Waals surface area contributed by atoms with E-state index in [1.165, 1.54) is 22.9 Å². The smallest absolute Gasteiger partial charge is 0.379 e. The summed E-state index contributed by atoms with van der Waals surface area (Å²) >= 11 is 5.86. The van der Waals surface area contributed by atoms with Gasteiger partial charge in [0.05, 0.1) is 11.4 Å². The van der Waals surface area contributed by atoms with Gasteiger partial charge in [0.1, 0.15) is 0 Å². The predicted octanol–water partition coefficient (Wildman–Crippen LogP) is 4.00. The van der Waals surface area contributed by atoms with Crippen molar-refractivity contribution in [3.8, 4) is 5.69 Å². The standard InChI is InChI=1S/C14H12ClF3N2O/c15-9-3-4-10(13(21)14(16,17)18)12(7-9)20-6-5-11(19-20)8-1-2-8/h3-8,13,21H,1-2H2/t13-/m1/s1. The van der Waals surface area contributed by atoms with Crippen molar-refractivity contribution in [2.75, 3.05) is 0 Å². The van der Waals surface area contributed by atoms with Crippen LogP contribution in [-0.4, -0.2) is 21.1 Å². The fraction of sp³-hybridized carbons (Fsp3) is 0.357. The lowest BCUT2D eigenvalue weighted by atomic mass is 10.1. The molecule has 1 aliphatic carbocycles. The molecule has 0 aliphatic heterocycles. The molecule has 1 aromatic carbocycles. The molecule has 0 radical (unpaired) electrons. The number of benzene rings is 1. The van der Waals surface area contributed by atoms with E-state index in [4.69, 9.17) is 11.6 Å². The Bertz CT molecular complexity index is 664. The molecule has 1 saturated carbocycles. The van der Waals surface area contributed by atoms with E-state index in [9.17, 15) is 18.3 Å². The Morgan fingerprint density at radius 3 is 2.62 bits per heavy atom. The maximum atomic E-state index is 12.8. The highest BCUT2D eigenvalue weighted by molar-refractivity contribution is 6.30. The molecule has 1 aliphatic rings. The summed E-state index contributed by atoms with van der Waals surface area (Å²) in [7, 11) is 0. The van der Waals surface area contributed by atoms with E-state index >= 15 is 0 Å². The minimum atomic E-state index is -4.74. The third-order valence-corrected chi connectivity index (χ3v) is 3.68. The first-order valence-corrected chi connectivity index (χ1v) is 6.84.